The van der Waals surface area contributed by atoms with Crippen molar-refractivity contribution in [3.8, 4) is 0 Å². The van der Waals surface area contributed by atoms with Gasteiger partial charge >= 0.3 is 0 Å². The predicted octanol–water partition coefficient (Wildman–Crippen LogP) is 3.32. The average molecular weight is 171 g/mol. The smallest absolute Gasteiger partial charge is 0.0431 e. The Hall–Kier alpha value is -0.0400. The van der Waals surface area contributed by atoms with Crippen molar-refractivity contribution in [3.05, 3.63) is 6.42 Å². The molecule has 0 bridgehead atoms. The molecule has 12 heavy (non-hydrogen) atoms. The zero-order chi connectivity index (χ0) is 9.07. The van der Waals surface area contributed by atoms with Crippen molar-refractivity contribution in [2.24, 2.45) is 0 Å². The van der Waals surface area contributed by atoms with Crippen LogP contribution >= 0.6 is 0 Å². The Bertz CT molecular complexity index is 61.4. The standard InChI is InChI=1S/C11H23O/c1-2-3-4-5-6-7-8-9-10-11-12/h8,12H,2-7,9-11H2,1H3. The summed E-state index contributed by atoms with van der Waals surface area (Å²) >= 11 is 0. The molecule has 0 aromatic rings. The molecule has 1 N–H and O–H groups in total. The number of aliphatic hydroxyl groups is 1. The van der Waals surface area contributed by atoms with Crippen LogP contribution in [-0.2, 0) is 0 Å². The van der Waals surface area contributed by atoms with Gasteiger partial charge in [0.2, 0.25) is 0 Å². The largest absolute Gasteiger partial charge is 0.396 e. The van der Waals surface area contributed by atoms with Crippen molar-refractivity contribution in [2.75, 3.05) is 6.61 Å². The van der Waals surface area contributed by atoms with Crippen molar-refractivity contribution >= 4 is 0 Å². The second-order valence-electron chi connectivity index (χ2n) is 3.36. The fraction of sp³-hybridized carbons (Fsp3) is 0.909. The molecule has 1 heteroatoms. The Morgan fingerprint density at radius 1 is 0.917 bits per heavy atom. The van der Waals surface area contributed by atoms with E-state index in [9.17, 15) is 0 Å². The van der Waals surface area contributed by atoms with Crippen LogP contribution in [0.25, 0.3) is 0 Å². The fourth-order valence-electron chi connectivity index (χ4n) is 1.27. The van der Waals surface area contributed by atoms with Gasteiger partial charge in [0.25, 0.3) is 0 Å². The molecule has 0 aliphatic rings. The molecule has 0 saturated carbocycles. The van der Waals surface area contributed by atoms with E-state index in [4.69, 9.17) is 5.11 Å². The van der Waals surface area contributed by atoms with Gasteiger partial charge in [-0.3, -0.25) is 0 Å². The lowest BCUT2D eigenvalue weighted by molar-refractivity contribution is 0.287. The van der Waals surface area contributed by atoms with Crippen molar-refractivity contribution in [2.45, 2.75) is 58.3 Å². The number of hydrogen-bond acceptors (Lipinski definition) is 1. The zero-order valence-corrected chi connectivity index (χ0v) is 8.39. The molecule has 73 valence electrons. The van der Waals surface area contributed by atoms with Gasteiger partial charge in [-0.2, -0.15) is 0 Å². The van der Waals surface area contributed by atoms with Gasteiger partial charge in [0.15, 0.2) is 0 Å². The molecule has 0 aliphatic heterocycles. The van der Waals surface area contributed by atoms with Crippen LogP contribution in [0.1, 0.15) is 58.3 Å². The third-order valence-electron chi connectivity index (χ3n) is 2.08. The molecule has 0 rings (SSSR count). The van der Waals surface area contributed by atoms with E-state index in [1.165, 1.54) is 38.5 Å². The molecule has 0 aliphatic carbocycles. The predicted molar refractivity (Wildman–Crippen MR) is 54.0 cm³/mol. The second-order valence-corrected chi connectivity index (χ2v) is 3.36. The van der Waals surface area contributed by atoms with Crippen LogP contribution in [-0.4, -0.2) is 11.7 Å². The van der Waals surface area contributed by atoms with E-state index in [1.54, 1.807) is 0 Å². The van der Waals surface area contributed by atoms with Crippen LogP contribution in [0.15, 0.2) is 0 Å². The molecular formula is C11H23O. The van der Waals surface area contributed by atoms with Crippen LogP contribution in [0.2, 0.25) is 0 Å². The van der Waals surface area contributed by atoms with E-state index in [0.717, 1.165) is 12.8 Å². The Kier molecular flexibility index (Phi) is 10.9. The van der Waals surface area contributed by atoms with Crippen molar-refractivity contribution < 1.29 is 5.11 Å². The average Bonchev–Trinajstić information content (AvgIpc) is 2.10. The van der Waals surface area contributed by atoms with Crippen molar-refractivity contribution in [1.82, 2.24) is 0 Å². The second kappa shape index (κ2) is 11.0. The highest BCUT2D eigenvalue weighted by molar-refractivity contribution is 4.63. The van der Waals surface area contributed by atoms with Crippen LogP contribution in [0.3, 0.4) is 0 Å². The van der Waals surface area contributed by atoms with Gasteiger partial charge < -0.3 is 5.11 Å². The van der Waals surface area contributed by atoms with Gasteiger partial charge in [-0.05, 0) is 19.3 Å². The Morgan fingerprint density at radius 2 is 1.58 bits per heavy atom. The summed E-state index contributed by atoms with van der Waals surface area (Å²) in [6.45, 7) is 2.58. The quantitative estimate of drug-likeness (QED) is 0.528. The van der Waals surface area contributed by atoms with Gasteiger partial charge in [0, 0.05) is 6.61 Å². The van der Waals surface area contributed by atoms with E-state index in [-0.39, 0.29) is 0 Å². The summed E-state index contributed by atoms with van der Waals surface area (Å²) in [6, 6.07) is 0. The normalized spacial score (nSPS) is 10.5. The highest BCUT2D eigenvalue weighted by atomic mass is 16.2. The minimum Gasteiger partial charge on any atom is -0.396 e. The molecule has 1 nitrogen and oxygen atoms in total. The maximum atomic E-state index is 8.52. The first-order chi connectivity index (χ1) is 5.91. The topological polar surface area (TPSA) is 20.2 Å². The summed E-state index contributed by atoms with van der Waals surface area (Å²) in [4.78, 5) is 0. The van der Waals surface area contributed by atoms with Gasteiger partial charge in [-0.15, -0.1) is 0 Å². The first-order valence-electron chi connectivity index (χ1n) is 5.34. The molecule has 0 aromatic carbocycles. The lowest BCUT2D eigenvalue weighted by Crippen LogP contribution is -1.84. The zero-order valence-electron chi connectivity index (χ0n) is 8.39. The number of unbranched alkanes of at least 4 members (excludes halogenated alkanes) is 8. The summed E-state index contributed by atoms with van der Waals surface area (Å²) < 4.78 is 0. The number of aliphatic hydroxyl groups excluding tert-OH is 1. The maximum absolute atomic E-state index is 8.52. The molecule has 0 spiro atoms. The van der Waals surface area contributed by atoms with Crippen LogP contribution < -0.4 is 0 Å². The molecule has 0 saturated heterocycles. The maximum Gasteiger partial charge on any atom is 0.0431 e. The fourth-order valence-corrected chi connectivity index (χ4v) is 1.27. The van der Waals surface area contributed by atoms with E-state index in [2.05, 4.69) is 13.3 Å². The summed E-state index contributed by atoms with van der Waals surface area (Å²) in [5.41, 5.74) is 0. The minimum atomic E-state index is 0.340. The van der Waals surface area contributed by atoms with E-state index < -0.39 is 0 Å². The van der Waals surface area contributed by atoms with Crippen molar-refractivity contribution in [3.63, 3.8) is 0 Å². The van der Waals surface area contributed by atoms with Crippen LogP contribution in [0, 0.1) is 6.42 Å². The van der Waals surface area contributed by atoms with Crippen molar-refractivity contribution in [1.29, 1.82) is 0 Å². The molecular weight excluding hydrogens is 148 g/mol. The summed E-state index contributed by atoms with van der Waals surface area (Å²) in [7, 11) is 0. The highest BCUT2D eigenvalue weighted by Crippen LogP contribution is 2.08. The van der Waals surface area contributed by atoms with Crippen LogP contribution in [0.5, 0.6) is 0 Å². The van der Waals surface area contributed by atoms with Crippen LogP contribution in [0.4, 0.5) is 0 Å². The lowest BCUT2D eigenvalue weighted by atomic mass is 10.1. The molecule has 0 heterocycles. The summed E-state index contributed by atoms with van der Waals surface area (Å²) in [5.74, 6) is 0. The number of hydrogen-bond donors (Lipinski definition) is 1. The Morgan fingerprint density at radius 3 is 2.25 bits per heavy atom. The third-order valence-corrected chi connectivity index (χ3v) is 2.08. The Labute approximate surface area is 77.2 Å². The minimum absolute atomic E-state index is 0.340. The highest BCUT2D eigenvalue weighted by Gasteiger charge is 1.90. The SMILES string of the molecule is CCCCCCC[CH]CCCO. The molecule has 0 atom stereocenters. The van der Waals surface area contributed by atoms with Gasteiger partial charge in [0.1, 0.15) is 0 Å². The lowest BCUT2D eigenvalue weighted by Gasteiger charge is -1.99. The summed E-state index contributed by atoms with van der Waals surface area (Å²) in [6.07, 6.45) is 12.4. The van der Waals surface area contributed by atoms with Gasteiger partial charge in [-0.25, -0.2) is 0 Å². The monoisotopic (exact) mass is 171 g/mol. The van der Waals surface area contributed by atoms with E-state index >= 15 is 0 Å². The van der Waals surface area contributed by atoms with E-state index in [0.29, 0.717) is 6.61 Å². The van der Waals surface area contributed by atoms with Gasteiger partial charge in [0.05, 0.1) is 0 Å². The first-order valence-corrected chi connectivity index (χ1v) is 5.34. The Balaban J connectivity index is 2.73. The molecule has 0 unspecified atom stereocenters. The molecule has 1 radical (unpaired) electrons. The van der Waals surface area contributed by atoms with E-state index in [1.807, 2.05) is 0 Å². The first kappa shape index (κ1) is 12.0. The van der Waals surface area contributed by atoms with Gasteiger partial charge in [-0.1, -0.05) is 45.4 Å². The molecule has 0 amide bonds. The summed E-state index contributed by atoms with van der Waals surface area (Å²) in [5, 5.41) is 8.52. The number of rotatable bonds is 9. The third kappa shape index (κ3) is 9.96. The molecule has 0 fully saturated rings. The molecule has 0 aromatic heterocycles.